The zero-order valence-electron chi connectivity index (χ0n) is 13.0. The third kappa shape index (κ3) is 3.85. The summed E-state index contributed by atoms with van der Waals surface area (Å²) in [4.78, 5) is 12.0. The van der Waals surface area contributed by atoms with Gasteiger partial charge in [0.15, 0.2) is 5.43 Å². The summed E-state index contributed by atoms with van der Waals surface area (Å²) in [6, 6.07) is 22.1. The van der Waals surface area contributed by atoms with Crippen molar-refractivity contribution in [3.8, 4) is 17.1 Å². The van der Waals surface area contributed by atoms with Gasteiger partial charge in [-0.25, -0.2) is 0 Å². The molecule has 4 rings (SSSR count). The molecule has 0 saturated heterocycles. The van der Waals surface area contributed by atoms with E-state index in [4.69, 9.17) is 4.42 Å². The van der Waals surface area contributed by atoms with Crippen LogP contribution in [0.2, 0.25) is 0 Å². The Balaban J connectivity index is 0.000000300. The summed E-state index contributed by atoms with van der Waals surface area (Å²) in [5.74, 6) is 0.651. The maximum absolute atomic E-state index is 12.0. The molecule has 0 atom stereocenters. The van der Waals surface area contributed by atoms with Crippen LogP contribution in [0.25, 0.3) is 22.3 Å². The van der Waals surface area contributed by atoms with E-state index in [0.717, 1.165) is 5.56 Å². The van der Waals surface area contributed by atoms with Gasteiger partial charge in [-0.3, -0.25) is 0 Å². The maximum atomic E-state index is 12.0. The standard InChI is InChI=1S/C15H11O3.C5H5.Fe/c1-9-6-15-11(7-12(9)16)13(17)8-14(18-15)10-4-2-3-5-10;1-2-4-5-3-1;/h2-8,16H,1H3;1-5H;/q-1;-5;. The minimum Gasteiger partial charge on any atom is -0.748 e. The van der Waals surface area contributed by atoms with Crippen LogP contribution in [0.1, 0.15) is 5.56 Å². The van der Waals surface area contributed by atoms with E-state index in [1.54, 1.807) is 13.0 Å². The van der Waals surface area contributed by atoms with Gasteiger partial charge in [0.05, 0.1) is 11.1 Å². The summed E-state index contributed by atoms with van der Waals surface area (Å²) in [6.45, 7) is 1.77. The second-order valence-electron chi connectivity index (χ2n) is 5.25. The Hall–Kier alpha value is -2.55. The van der Waals surface area contributed by atoms with Gasteiger partial charge in [-0.1, -0.05) is 5.56 Å². The molecule has 0 aliphatic carbocycles. The van der Waals surface area contributed by atoms with Crippen LogP contribution in [0, 0.1) is 6.92 Å². The quantitative estimate of drug-likeness (QED) is 0.399. The molecule has 0 aliphatic heterocycles. The van der Waals surface area contributed by atoms with Gasteiger partial charge in [-0.15, -0.1) is 12.1 Å². The molecule has 128 valence electrons. The number of fused-ring (bicyclic) bond motifs is 1. The third-order valence-electron chi connectivity index (χ3n) is 3.55. The zero-order valence-corrected chi connectivity index (χ0v) is 14.1. The Morgan fingerprint density at radius 2 is 1.58 bits per heavy atom. The number of hydrogen-bond acceptors (Lipinski definition) is 3. The van der Waals surface area contributed by atoms with E-state index in [1.807, 2.05) is 54.6 Å². The Bertz CT molecular complexity index is 931. The van der Waals surface area contributed by atoms with Crippen LogP contribution in [0.4, 0.5) is 0 Å². The molecule has 3 nitrogen and oxygen atoms in total. The minimum absolute atomic E-state index is 0. The van der Waals surface area contributed by atoms with Gasteiger partial charge in [0.25, 0.3) is 0 Å². The predicted molar refractivity (Wildman–Crippen MR) is 91.9 cm³/mol. The molecule has 0 spiro atoms. The molecule has 0 saturated carbocycles. The van der Waals surface area contributed by atoms with E-state index >= 15 is 0 Å². The molecule has 0 amide bonds. The van der Waals surface area contributed by atoms with Crippen molar-refractivity contribution in [3.05, 3.63) is 88.6 Å². The minimum atomic E-state index is -0.150. The van der Waals surface area contributed by atoms with Gasteiger partial charge in [-0.2, -0.15) is 12.1 Å². The molecule has 3 aromatic carbocycles. The molecule has 1 aromatic heterocycles. The number of aromatic hydroxyl groups is 1. The molecular formula is C20H16FeO3-6. The van der Waals surface area contributed by atoms with E-state index in [2.05, 4.69) is 0 Å². The fraction of sp³-hybridized carbons (Fsp3) is 0.0500. The van der Waals surface area contributed by atoms with Crippen LogP contribution >= 0.6 is 0 Å². The van der Waals surface area contributed by atoms with E-state index in [0.29, 0.717) is 22.3 Å². The number of benzene rings is 1. The Morgan fingerprint density at radius 3 is 2.17 bits per heavy atom. The van der Waals surface area contributed by atoms with Crippen LogP contribution < -0.4 is 5.43 Å². The molecule has 24 heavy (non-hydrogen) atoms. The van der Waals surface area contributed by atoms with Crippen LogP contribution in [0.3, 0.4) is 0 Å². The Kier molecular flexibility index (Phi) is 5.80. The largest absolute Gasteiger partial charge is 0.748 e. The van der Waals surface area contributed by atoms with Crippen molar-refractivity contribution >= 4 is 11.0 Å². The van der Waals surface area contributed by atoms with E-state index < -0.39 is 0 Å². The van der Waals surface area contributed by atoms with Gasteiger partial charge in [0, 0.05) is 17.1 Å². The number of rotatable bonds is 1. The van der Waals surface area contributed by atoms with Gasteiger partial charge in [0.1, 0.15) is 11.3 Å². The third-order valence-corrected chi connectivity index (χ3v) is 3.55. The molecule has 0 bridgehead atoms. The summed E-state index contributed by atoms with van der Waals surface area (Å²) in [5, 5.41) is 10.0. The first kappa shape index (κ1) is 17.8. The fourth-order valence-corrected chi connectivity index (χ4v) is 2.29. The molecule has 4 heteroatoms. The Labute approximate surface area is 150 Å². The average Bonchev–Trinajstić information content (AvgIpc) is 3.25. The second kappa shape index (κ2) is 7.82. The molecule has 0 unspecified atom stereocenters. The van der Waals surface area contributed by atoms with Crippen molar-refractivity contribution in [1.29, 1.82) is 0 Å². The van der Waals surface area contributed by atoms with Crippen molar-refractivity contribution in [2.75, 3.05) is 0 Å². The molecule has 0 radical (unpaired) electrons. The summed E-state index contributed by atoms with van der Waals surface area (Å²) in [7, 11) is 0. The maximum Gasteiger partial charge on any atom is 0.153 e. The van der Waals surface area contributed by atoms with Crippen molar-refractivity contribution in [2.24, 2.45) is 0 Å². The number of hydrogen-bond donors (Lipinski definition) is 1. The van der Waals surface area contributed by atoms with Crippen molar-refractivity contribution in [1.82, 2.24) is 0 Å². The normalized spacial score (nSPS) is 9.88. The van der Waals surface area contributed by atoms with Crippen LogP contribution in [-0.2, 0) is 17.1 Å². The van der Waals surface area contributed by atoms with Crippen LogP contribution in [0.15, 0.2) is 82.0 Å². The van der Waals surface area contributed by atoms with Crippen LogP contribution in [0.5, 0.6) is 5.75 Å². The topological polar surface area (TPSA) is 50.4 Å². The van der Waals surface area contributed by atoms with Gasteiger partial charge in [-0.05, 0) is 30.7 Å². The summed E-state index contributed by atoms with van der Waals surface area (Å²) < 4.78 is 5.71. The second-order valence-corrected chi connectivity index (χ2v) is 5.25. The van der Waals surface area contributed by atoms with E-state index in [-0.39, 0.29) is 28.2 Å². The molecule has 4 aromatic rings. The van der Waals surface area contributed by atoms with Gasteiger partial charge < -0.3 is 44.7 Å². The molecule has 0 fully saturated rings. The summed E-state index contributed by atoms with van der Waals surface area (Å²) in [5.41, 5.74) is 1.90. The van der Waals surface area contributed by atoms with Crippen LogP contribution in [-0.4, -0.2) is 5.11 Å². The fourth-order valence-electron chi connectivity index (χ4n) is 2.29. The van der Waals surface area contributed by atoms with Gasteiger partial charge >= 0.3 is 0 Å². The predicted octanol–water partition coefficient (Wildman–Crippen LogP) is 4.60. The Morgan fingerprint density at radius 1 is 1.00 bits per heavy atom. The molecule has 1 heterocycles. The molecule has 0 aliphatic rings. The van der Waals surface area contributed by atoms with Crippen molar-refractivity contribution in [3.63, 3.8) is 0 Å². The van der Waals surface area contributed by atoms with E-state index in [1.165, 1.54) is 12.1 Å². The van der Waals surface area contributed by atoms with E-state index in [9.17, 15) is 9.90 Å². The SMILES string of the molecule is Cc1cc2oc(-[c-]3cccc3)cc(=O)c2cc1O.[Fe].[cH-]1[cH-][cH-][cH-][cH-]1. The zero-order chi connectivity index (χ0) is 16.2. The smallest absolute Gasteiger partial charge is 0.153 e. The van der Waals surface area contributed by atoms with Gasteiger partial charge in [0.2, 0.25) is 0 Å². The first-order chi connectivity index (χ1) is 11.1. The average molecular weight is 360 g/mol. The first-order valence-corrected chi connectivity index (χ1v) is 7.31. The monoisotopic (exact) mass is 360 g/mol. The van der Waals surface area contributed by atoms with Crippen molar-refractivity contribution in [2.45, 2.75) is 6.92 Å². The first-order valence-electron chi connectivity index (χ1n) is 7.31. The number of aryl methyl sites for hydroxylation is 1. The summed E-state index contributed by atoms with van der Waals surface area (Å²) >= 11 is 0. The molecule has 1 N–H and O–H groups in total. The number of phenols is 1. The number of phenolic OH excluding ortho intramolecular Hbond substituents is 1. The molecular weight excluding hydrogens is 344 g/mol. The summed E-state index contributed by atoms with van der Waals surface area (Å²) in [6.07, 6.45) is 0. The van der Waals surface area contributed by atoms with Crippen molar-refractivity contribution < 1.29 is 26.6 Å².